The maximum atomic E-state index is 11.7. The Hall–Kier alpha value is -0.260. The van der Waals surface area contributed by atoms with Crippen LogP contribution in [0.1, 0.15) is 26.2 Å². The molecule has 0 bridgehead atoms. The summed E-state index contributed by atoms with van der Waals surface area (Å²) >= 11 is 1.73. The van der Waals surface area contributed by atoms with Gasteiger partial charge in [0.15, 0.2) is 0 Å². The lowest BCUT2D eigenvalue weighted by molar-refractivity contribution is -0.122. The summed E-state index contributed by atoms with van der Waals surface area (Å²) in [5.74, 6) is 1.44. The number of nitrogens with one attached hydrogen (secondary N) is 1. The topological polar surface area (TPSA) is 58.4 Å². The van der Waals surface area contributed by atoms with Gasteiger partial charge in [0, 0.05) is 13.1 Å². The normalized spacial score (nSPS) is 19.7. The Morgan fingerprint density at radius 1 is 1.44 bits per heavy atom. The third-order valence-corrected chi connectivity index (χ3v) is 4.01. The molecule has 1 aliphatic rings. The third kappa shape index (κ3) is 6.07. The van der Waals surface area contributed by atoms with Gasteiger partial charge in [-0.3, -0.25) is 4.79 Å². The lowest BCUT2D eigenvalue weighted by atomic mass is 10.1. The summed E-state index contributed by atoms with van der Waals surface area (Å²) in [4.78, 5) is 14.2. The molecule has 1 heterocycles. The highest BCUT2D eigenvalue weighted by molar-refractivity contribution is 7.98. The van der Waals surface area contributed by atoms with Gasteiger partial charge in [-0.1, -0.05) is 6.92 Å². The van der Waals surface area contributed by atoms with Crippen molar-refractivity contribution in [3.8, 4) is 0 Å². The fraction of sp³-hybridized carbons (Fsp3) is 0.923. The zero-order valence-corrected chi connectivity index (χ0v) is 12.5. The Balaban J connectivity index is 2.12. The van der Waals surface area contributed by atoms with Crippen LogP contribution in [0, 0.1) is 5.92 Å². The number of hydrogen-bond acceptors (Lipinski definition) is 4. The van der Waals surface area contributed by atoms with Crippen molar-refractivity contribution < 1.29 is 4.79 Å². The number of likely N-dealkylation sites (tertiary alicyclic amines) is 1. The number of carbonyl (C=O) groups excluding carboxylic acids is 1. The minimum atomic E-state index is -0.351. The van der Waals surface area contributed by atoms with Crippen LogP contribution in [0.5, 0.6) is 0 Å². The van der Waals surface area contributed by atoms with Gasteiger partial charge in [-0.15, -0.1) is 0 Å². The van der Waals surface area contributed by atoms with Crippen LogP contribution in [-0.2, 0) is 4.79 Å². The summed E-state index contributed by atoms with van der Waals surface area (Å²) in [5, 5.41) is 2.97. The summed E-state index contributed by atoms with van der Waals surface area (Å²) in [6.07, 6.45) is 5.42. The largest absolute Gasteiger partial charge is 0.354 e. The van der Waals surface area contributed by atoms with E-state index in [0.29, 0.717) is 5.92 Å². The minimum absolute atomic E-state index is 0.00248. The molecule has 0 radical (unpaired) electrons. The van der Waals surface area contributed by atoms with E-state index in [1.54, 1.807) is 11.8 Å². The van der Waals surface area contributed by atoms with Gasteiger partial charge in [0.05, 0.1) is 6.04 Å². The molecule has 1 saturated heterocycles. The van der Waals surface area contributed by atoms with Crippen molar-refractivity contribution in [3.05, 3.63) is 0 Å². The number of carbonyl (C=O) groups is 1. The van der Waals surface area contributed by atoms with Crippen molar-refractivity contribution in [3.63, 3.8) is 0 Å². The highest BCUT2D eigenvalue weighted by Crippen LogP contribution is 2.09. The second-order valence-corrected chi connectivity index (χ2v) is 6.23. The predicted octanol–water partition coefficient (Wildman–Crippen LogP) is 0.915. The van der Waals surface area contributed by atoms with Crippen molar-refractivity contribution in [1.82, 2.24) is 10.2 Å². The van der Waals surface area contributed by atoms with Gasteiger partial charge in [-0.2, -0.15) is 11.8 Å². The first-order chi connectivity index (χ1) is 8.63. The Morgan fingerprint density at radius 3 is 2.72 bits per heavy atom. The fourth-order valence-electron chi connectivity index (χ4n) is 2.25. The smallest absolute Gasteiger partial charge is 0.236 e. The van der Waals surface area contributed by atoms with E-state index in [1.165, 1.54) is 25.9 Å². The van der Waals surface area contributed by atoms with E-state index in [4.69, 9.17) is 5.73 Å². The zero-order chi connectivity index (χ0) is 13.4. The molecule has 1 rings (SSSR count). The SMILES string of the molecule is CSCC[C@H](N)C(=O)NCC(C)CN1CCCC1. The average Bonchev–Trinajstić information content (AvgIpc) is 2.85. The maximum absolute atomic E-state index is 11.7. The molecule has 0 aromatic heterocycles. The van der Waals surface area contributed by atoms with Gasteiger partial charge in [0.25, 0.3) is 0 Å². The standard InChI is InChI=1S/C13H27N3OS/c1-11(10-16-6-3-4-7-16)9-15-13(17)12(14)5-8-18-2/h11-12H,3-10,14H2,1-2H3,(H,15,17)/t11?,12-/m0/s1. The maximum Gasteiger partial charge on any atom is 0.236 e. The monoisotopic (exact) mass is 273 g/mol. The Bertz CT molecular complexity index is 244. The molecule has 0 aromatic rings. The van der Waals surface area contributed by atoms with Crippen molar-refractivity contribution in [2.45, 2.75) is 32.2 Å². The molecular formula is C13H27N3OS. The van der Waals surface area contributed by atoms with E-state index < -0.39 is 0 Å². The van der Waals surface area contributed by atoms with E-state index >= 15 is 0 Å². The first kappa shape index (κ1) is 15.8. The van der Waals surface area contributed by atoms with Gasteiger partial charge in [0.1, 0.15) is 0 Å². The number of hydrogen-bond donors (Lipinski definition) is 2. The van der Waals surface area contributed by atoms with Crippen molar-refractivity contribution in [2.24, 2.45) is 11.7 Å². The number of thioether (sulfide) groups is 1. The van der Waals surface area contributed by atoms with E-state index in [1.807, 2.05) is 6.26 Å². The molecule has 1 amide bonds. The summed E-state index contributed by atoms with van der Waals surface area (Å²) < 4.78 is 0. The molecule has 0 aromatic carbocycles. The molecule has 1 fully saturated rings. The van der Waals surface area contributed by atoms with Crippen LogP contribution < -0.4 is 11.1 Å². The molecule has 18 heavy (non-hydrogen) atoms. The molecule has 0 aliphatic carbocycles. The lowest BCUT2D eigenvalue weighted by Gasteiger charge is -2.21. The van der Waals surface area contributed by atoms with E-state index in [0.717, 1.165) is 25.3 Å². The number of amides is 1. The third-order valence-electron chi connectivity index (χ3n) is 3.36. The van der Waals surface area contributed by atoms with Crippen LogP contribution in [-0.4, -0.2) is 55.0 Å². The van der Waals surface area contributed by atoms with Crippen LogP contribution in [0.15, 0.2) is 0 Å². The van der Waals surface area contributed by atoms with Gasteiger partial charge < -0.3 is 16.0 Å². The summed E-state index contributed by atoms with van der Waals surface area (Å²) in [6, 6.07) is -0.351. The van der Waals surface area contributed by atoms with Crippen molar-refractivity contribution in [2.75, 3.05) is 38.2 Å². The van der Waals surface area contributed by atoms with Crippen LogP contribution in [0.3, 0.4) is 0 Å². The van der Waals surface area contributed by atoms with E-state index in [-0.39, 0.29) is 11.9 Å². The highest BCUT2D eigenvalue weighted by Gasteiger charge is 2.17. The Kier molecular flexibility index (Phi) is 7.70. The molecule has 106 valence electrons. The molecule has 3 N–H and O–H groups in total. The van der Waals surface area contributed by atoms with E-state index in [2.05, 4.69) is 17.1 Å². The van der Waals surface area contributed by atoms with Gasteiger partial charge in [-0.05, 0) is 50.3 Å². The minimum Gasteiger partial charge on any atom is -0.354 e. The summed E-state index contributed by atoms with van der Waals surface area (Å²) in [6.45, 7) is 6.44. The molecule has 2 atom stereocenters. The zero-order valence-electron chi connectivity index (χ0n) is 11.7. The summed E-state index contributed by atoms with van der Waals surface area (Å²) in [7, 11) is 0. The highest BCUT2D eigenvalue weighted by atomic mass is 32.2. The number of nitrogens with two attached hydrogens (primary N) is 1. The van der Waals surface area contributed by atoms with Gasteiger partial charge in [0.2, 0.25) is 5.91 Å². The first-order valence-electron chi connectivity index (χ1n) is 6.88. The van der Waals surface area contributed by atoms with Crippen LogP contribution in [0.2, 0.25) is 0 Å². The van der Waals surface area contributed by atoms with Gasteiger partial charge in [-0.25, -0.2) is 0 Å². The number of nitrogens with zero attached hydrogens (tertiary/aromatic N) is 1. The van der Waals surface area contributed by atoms with E-state index in [9.17, 15) is 4.79 Å². The van der Waals surface area contributed by atoms with Crippen LogP contribution in [0.25, 0.3) is 0 Å². The second-order valence-electron chi connectivity index (χ2n) is 5.25. The Morgan fingerprint density at radius 2 is 2.11 bits per heavy atom. The molecule has 1 aliphatic heterocycles. The molecular weight excluding hydrogens is 246 g/mol. The molecule has 1 unspecified atom stereocenters. The molecule has 0 saturated carbocycles. The first-order valence-corrected chi connectivity index (χ1v) is 8.27. The van der Waals surface area contributed by atoms with Gasteiger partial charge >= 0.3 is 0 Å². The lowest BCUT2D eigenvalue weighted by Crippen LogP contribution is -2.43. The second kappa shape index (κ2) is 8.77. The molecule has 0 spiro atoms. The predicted molar refractivity (Wildman–Crippen MR) is 78.8 cm³/mol. The average molecular weight is 273 g/mol. The van der Waals surface area contributed by atoms with Crippen LogP contribution >= 0.6 is 11.8 Å². The Labute approximate surface area is 115 Å². The van der Waals surface area contributed by atoms with Crippen molar-refractivity contribution in [1.29, 1.82) is 0 Å². The summed E-state index contributed by atoms with van der Waals surface area (Å²) in [5.41, 5.74) is 5.82. The molecule has 4 nitrogen and oxygen atoms in total. The molecule has 5 heteroatoms. The quantitative estimate of drug-likeness (QED) is 0.690. The fourth-order valence-corrected chi connectivity index (χ4v) is 2.74. The van der Waals surface area contributed by atoms with Crippen molar-refractivity contribution >= 4 is 17.7 Å². The number of rotatable bonds is 8. The van der Waals surface area contributed by atoms with Crippen LogP contribution in [0.4, 0.5) is 0 Å².